The second-order valence-corrected chi connectivity index (χ2v) is 7.30. The van der Waals surface area contributed by atoms with Gasteiger partial charge in [0.25, 0.3) is 5.56 Å². The number of nitrogens with zero attached hydrogens (tertiary/aromatic N) is 3. The Hall–Kier alpha value is -1.85. The monoisotopic (exact) mass is 305 g/mol. The fraction of sp³-hybridized carbons (Fsp3) is 0.688. The van der Waals surface area contributed by atoms with Gasteiger partial charge >= 0.3 is 6.09 Å². The van der Waals surface area contributed by atoms with E-state index >= 15 is 0 Å². The average Bonchev–Trinajstić information content (AvgIpc) is 3.17. The summed E-state index contributed by atoms with van der Waals surface area (Å²) in [6.45, 7) is 7.38. The van der Waals surface area contributed by atoms with Crippen molar-refractivity contribution in [2.75, 3.05) is 13.1 Å². The maximum atomic E-state index is 11.9. The first-order valence-corrected chi connectivity index (χ1v) is 7.88. The van der Waals surface area contributed by atoms with Crippen LogP contribution in [0.4, 0.5) is 4.79 Å². The van der Waals surface area contributed by atoms with Crippen molar-refractivity contribution in [3.8, 4) is 0 Å². The summed E-state index contributed by atoms with van der Waals surface area (Å²) >= 11 is 0. The van der Waals surface area contributed by atoms with Crippen LogP contribution in [0.2, 0.25) is 0 Å². The van der Waals surface area contributed by atoms with Crippen molar-refractivity contribution in [2.45, 2.75) is 51.7 Å². The summed E-state index contributed by atoms with van der Waals surface area (Å²) in [6.07, 6.45) is 2.05. The molecule has 6 heteroatoms. The molecule has 2 aliphatic rings. The molecule has 1 amide bonds. The van der Waals surface area contributed by atoms with Crippen molar-refractivity contribution < 1.29 is 9.53 Å². The summed E-state index contributed by atoms with van der Waals surface area (Å²) in [4.78, 5) is 25.4. The molecule has 0 atom stereocenters. The summed E-state index contributed by atoms with van der Waals surface area (Å²) in [5.41, 5.74) is 0.474. The van der Waals surface area contributed by atoms with E-state index in [2.05, 4.69) is 5.10 Å². The van der Waals surface area contributed by atoms with Gasteiger partial charge in [0, 0.05) is 31.0 Å². The standard InChI is InChI=1S/C16H23N3O3/c1-16(2,3)22-15(21)18-8-11(9-18)10-19-14(20)7-6-13(17-19)12-4-5-12/h6-7,11-12H,4-5,8-10H2,1-3H3. The lowest BCUT2D eigenvalue weighted by Gasteiger charge is -2.39. The van der Waals surface area contributed by atoms with Gasteiger partial charge in [-0.3, -0.25) is 4.79 Å². The first-order valence-electron chi connectivity index (χ1n) is 7.88. The van der Waals surface area contributed by atoms with Gasteiger partial charge in [-0.15, -0.1) is 0 Å². The van der Waals surface area contributed by atoms with Crippen molar-refractivity contribution in [3.05, 3.63) is 28.2 Å². The van der Waals surface area contributed by atoms with Gasteiger partial charge < -0.3 is 9.64 Å². The van der Waals surface area contributed by atoms with E-state index in [4.69, 9.17) is 4.74 Å². The van der Waals surface area contributed by atoms with E-state index in [0.717, 1.165) is 5.69 Å². The van der Waals surface area contributed by atoms with Crippen molar-refractivity contribution in [1.82, 2.24) is 14.7 Å². The van der Waals surface area contributed by atoms with Gasteiger partial charge in [0.2, 0.25) is 0 Å². The van der Waals surface area contributed by atoms with E-state index in [-0.39, 0.29) is 17.6 Å². The van der Waals surface area contributed by atoms with E-state index < -0.39 is 5.60 Å². The van der Waals surface area contributed by atoms with Crippen LogP contribution in [0, 0.1) is 5.92 Å². The number of hydrogen-bond acceptors (Lipinski definition) is 4. The number of hydrogen-bond donors (Lipinski definition) is 0. The normalized spacial score (nSPS) is 19.0. The number of amides is 1. The van der Waals surface area contributed by atoms with Crippen LogP contribution in [0.25, 0.3) is 0 Å². The largest absolute Gasteiger partial charge is 0.444 e. The molecule has 22 heavy (non-hydrogen) atoms. The highest BCUT2D eigenvalue weighted by molar-refractivity contribution is 5.69. The summed E-state index contributed by atoms with van der Waals surface area (Å²) in [6, 6.07) is 3.44. The lowest BCUT2D eigenvalue weighted by molar-refractivity contribution is -0.00406. The summed E-state index contributed by atoms with van der Waals surface area (Å²) in [5, 5.41) is 4.45. The number of ether oxygens (including phenoxy) is 1. The lowest BCUT2D eigenvalue weighted by atomic mass is 10.0. The Kier molecular flexibility index (Phi) is 3.70. The predicted molar refractivity (Wildman–Crippen MR) is 81.8 cm³/mol. The Labute approximate surface area is 130 Å². The Morgan fingerprint density at radius 2 is 2.00 bits per heavy atom. The van der Waals surface area contributed by atoms with Crippen LogP contribution in [0.3, 0.4) is 0 Å². The topological polar surface area (TPSA) is 64.4 Å². The highest BCUT2D eigenvalue weighted by atomic mass is 16.6. The quantitative estimate of drug-likeness (QED) is 0.856. The van der Waals surface area contributed by atoms with Gasteiger partial charge in [-0.05, 0) is 39.7 Å². The third-order valence-electron chi connectivity index (χ3n) is 3.92. The number of aromatic nitrogens is 2. The second-order valence-electron chi connectivity index (χ2n) is 7.30. The third-order valence-corrected chi connectivity index (χ3v) is 3.92. The fourth-order valence-corrected chi connectivity index (χ4v) is 2.60. The minimum Gasteiger partial charge on any atom is -0.444 e. The van der Waals surface area contributed by atoms with Gasteiger partial charge in [0.05, 0.1) is 12.2 Å². The molecule has 120 valence electrons. The summed E-state index contributed by atoms with van der Waals surface area (Å²) in [5.74, 6) is 0.804. The molecule has 2 heterocycles. The minimum atomic E-state index is -0.473. The number of likely N-dealkylation sites (tertiary alicyclic amines) is 1. The molecule has 1 aliphatic carbocycles. The molecule has 0 aromatic carbocycles. The third kappa shape index (κ3) is 3.48. The molecule has 0 radical (unpaired) electrons. The Balaban J connectivity index is 1.55. The van der Waals surface area contributed by atoms with Crippen LogP contribution in [0.15, 0.2) is 16.9 Å². The van der Waals surface area contributed by atoms with Crippen molar-refractivity contribution in [3.63, 3.8) is 0 Å². The molecule has 2 fully saturated rings. The molecule has 1 aliphatic heterocycles. The first-order chi connectivity index (χ1) is 10.3. The number of carbonyl (C=O) groups excluding carboxylic acids is 1. The summed E-state index contributed by atoms with van der Waals surface area (Å²) < 4.78 is 6.87. The summed E-state index contributed by atoms with van der Waals surface area (Å²) in [7, 11) is 0. The Bertz CT molecular complexity index is 622. The Morgan fingerprint density at radius 3 is 2.59 bits per heavy atom. The highest BCUT2D eigenvalue weighted by Crippen LogP contribution is 2.38. The van der Waals surface area contributed by atoms with Gasteiger partial charge in [-0.2, -0.15) is 5.10 Å². The zero-order chi connectivity index (χ0) is 15.9. The van der Waals surface area contributed by atoms with Gasteiger partial charge in [-0.1, -0.05) is 0 Å². The second kappa shape index (κ2) is 5.41. The lowest BCUT2D eigenvalue weighted by Crippen LogP contribution is -2.53. The molecule has 1 aromatic heterocycles. The van der Waals surface area contributed by atoms with Crippen LogP contribution in [0.1, 0.15) is 45.2 Å². The molecule has 0 N–H and O–H groups in total. The van der Waals surface area contributed by atoms with E-state index in [0.29, 0.717) is 25.6 Å². The zero-order valence-corrected chi connectivity index (χ0v) is 13.4. The SMILES string of the molecule is CC(C)(C)OC(=O)N1CC(Cn2nc(C3CC3)ccc2=O)C1. The molecule has 1 saturated heterocycles. The van der Waals surface area contributed by atoms with Crippen molar-refractivity contribution >= 4 is 6.09 Å². The molecule has 1 saturated carbocycles. The van der Waals surface area contributed by atoms with Crippen molar-refractivity contribution in [2.24, 2.45) is 5.92 Å². The van der Waals surface area contributed by atoms with E-state index in [1.807, 2.05) is 26.8 Å². The maximum absolute atomic E-state index is 11.9. The first kappa shape index (κ1) is 15.1. The van der Waals surface area contributed by atoms with Gasteiger partial charge in [0.15, 0.2) is 0 Å². The van der Waals surface area contributed by atoms with Crippen LogP contribution >= 0.6 is 0 Å². The molecule has 0 bridgehead atoms. The zero-order valence-electron chi connectivity index (χ0n) is 13.4. The maximum Gasteiger partial charge on any atom is 0.410 e. The van der Waals surface area contributed by atoms with Crippen molar-refractivity contribution in [1.29, 1.82) is 0 Å². The molecule has 1 aromatic rings. The minimum absolute atomic E-state index is 0.0693. The highest BCUT2D eigenvalue weighted by Gasteiger charge is 2.34. The fourth-order valence-electron chi connectivity index (χ4n) is 2.60. The molecular weight excluding hydrogens is 282 g/mol. The van der Waals surface area contributed by atoms with Gasteiger partial charge in [0.1, 0.15) is 5.60 Å². The molecule has 6 nitrogen and oxygen atoms in total. The average molecular weight is 305 g/mol. The van der Waals surface area contributed by atoms with Crippen LogP contribution in [-0.4, -0.2) is 39.5 Å². The smallest absolute Gasteiger partial charge is 0.410 e. The van der Waals surface area contributed by atoms with Crippen LogP contribution in [-0.2, 0) is 11.3 Å². The van der Waals surface area contributed by atoms with E-state index in [1.54, 1.807) is 15.6 Å². The predicted octanol–water partition coefficient (Wildman–Crippen LogP) is 1.99. The van der Waals surface area contributed by atoms with E-state index in [1.165, 1.54) is 12.8 Å². The molecule has 0 unspecified atom stereocenters. The van der Waals surface area contributed by atoms with Crippen LogP contribution in [0.5, 0.6) is 0 Å². The van der Waals surface area contributed by atoms with E-state index in [9.17, 15) is 9.59 Å². The molecule has 0 spiro atoms. The number of rotatable bonds is 3. The number of carbonyl (C=O) groups is 1. The Morgan fingerprint density at radius 1 is 1.32 bits per heavy atom. The van der Waals surface area contributed by atoms with Crippen LogP contribution < -0.4 is 5.56 Å². The van der Waals surface area contributed by atoms with Gasteiger partial charge in [-0.25, -0.2) is 9.48 Å². The molecule has 3 rings (SSSR count). The molecular formula is C16H23N3O3.